The summed E-state index contributed by atoms with van der Waals surface area (Å²) in [6.07, 6.45) is 0.851. The third-order valence-corrected chi connectivity index (χ3v) is 1.05. The molecule has 0 aromatic carbocycles. The number of aromatic nitrogens is 2. The molecule has 0 saturated heterocycles. The van der Waals surface area contributed by atoms with Crippen LogP contribution in [0.25, 0.3) is 0 Å². The van der Waals surface area contributed by atoms with Crippen molar-refractivity contribution in [2.75, 3.05) is 14.1 Å². The van der Waals surface area contributed by atoms with Gasteiger partial charge in [0.25, 0.3) is 5.56 Å². The maximum atomic E-state index is 10.6. The number of H-pyrrole nitrogens is 2. The van der Waals surface area contributed by atoms with E-state index >= 15 is 0 Å². The van der Waals surface area contributed by atoms with Gasteiger partial charge in [0.05, 0.1) is 0 Å². The predicted molar refractivity (Wildman–Crippen MR) is 49.6 cm³/mol. The van der Waals surface area contributed by atoms with Crippen LogP contribution in [0.5, 0.6) is 0 Å². The molecule has 0 bridgehead atoms. The predicted octanol–water partition coefficient (Wildman–Crippen LogP) is -1.40. The topological polar surface area (TPSA) is 115 Å². The molecule has 78 valence electrons. The van der Waals surface area contributed by atoms with E-state index in [0.717, 1.165) is 6.20 Å². The summed E-state index contributed by atoms with van der Waals surface area (Å²) < 4.78 is 0. The Morgan fingerprint density at radius 2 is 1.93 bits per heavy atom. The van der Waals surface area contributed by atoms with E-state index in [9.17, 15) is 14.4 Å². The van der Waals surface area contributed by atoms with Crippen molar-refractivity contribution in [3.8, 4) is 0 Å². The minimum absolute atomic E-state index is 0.482. The second kappa shape index (κ2) is 5.70. The first kappa shape index (κ1) is 12.1. The third kappa shape index (κ3) is 3.68. The Bertz CT molecular complexity index is 406. The van der Waals surface area contributed by atoms with Crippen LogP contribution >= 0.6 is 0 Å². The summed E-state index contributed by atoms with van der Waals surface area (Å²) >= 11 is 0. The number of rotatable bonds is 1. The summed E-state index contributed by atoms with van der Waals surface area (Å²) in [6.45, 7) is 0. The summed E-state index contributed by atoms with van der Waals surface area (Å²) in [5, 5.41) is 11.1. The number of aromatic amines is 2. The summed E-state index contributed by atoms with van der Waals surface area (Å²) in [7, 11) is 3.75. The van der Waals surface area contributed by atoms with E-state index in [1.54, 1.807) is 4.98 Å². The van der Waals surface area contributed by atoms with Crippen molar-refractivity contribution in [2.45, 2.75) is 0 Å². The number of carbonyl (C=O) groups is 1. The van der Waals surface area contributed by atoms with Crippen molar-refractivity contribution in [2.24, 2.45) is 0 Å². The molecule has 0 radical (unpaired) electrons. The lowest BCUT2D eigenvalue weighted by Crippen LogP contribution is -2.26. The Morgan fingerprint density at radius 1 is 1.43 bits per heavy atom. The average Bonchev–Trinajstić information content (AvgIpc) is 2.04. The highest BCUT2D eigenvalue weighted by molar-refractivity contribution is 5.86. The van der Waals surface area contributed by atoms with Crippen molar-refractivity contribution < 1.29 is 9.90 Å². The molecule has 0 aliphatic carbocycles. The molecule has 7 heteroatoms. The molecule has 0 amide bonds. The van der Waals surface area contributed by atoms with Crippen molar-refractivity contribution in [1.82, 2.24) is 15.3 Å². The molecular formula is C7H11N3O4. The summed E-state index contributed by atoms with van der Waals surface area (Å²) in [5.74, 6) is -1.37. The zero-order chi connectivity index (χ0) is 11.1. The Kier molecular flexibility index (Phi) is 4.93. The molecule has 4 N–H and O–H groups in total. The highest BCUT2D eigenvalue weighted by Gasteiger charge is 2.06. The average molecular weight is 201 g/mol. The Balaban J connectivity index is 0.000000500. The molecule has 1 aromatic heterocycles. The standard InChI is InChI=1S/C5H4N2O4.C2H7N/c8-3-2(4(9)10)1-6-5(11)7-3;1-3-2/h1H,(H,9,10)(H2,6,7,8,11);3H,1-2H3. The van der Waals surface area contributed by atoms with Crippen LogP contribution in [0.15, 0.2) is 15.8 Å². The minimum atomic E-state index is -1.37. The van der Waals surface area contributed by atoms with Crippen LogP contribution in [0.1, 0.15) is 10.4 Å². The summed E-state index contributed by atoms with van der Waals surface area (Å²) in [6, 6.07) is 0. The van der Waals surface area contributed by atoms with Gasteiger partial charge < -0.3 is 15.4 Å². The van der Waals surface area contributed by atoms with E-state index in [-0.39, 0.29) is 0 Å². The SMILES string of the molecule is CNC.O=C(O)c1c[nH]c(=O)[nH]c1=O. The van der Waals surface area contributed by atoms with Gasteiger partial charge in [0.1, 0.15) is 5.56 Å². The van der Waals surface area contributed by atoms with Gasteiger partial charge in [-0.1, -0.05) is 0 Å². The van der Waals surface area contributed by atoms with Crippen LogP contribution in [0.3, 0.4) is 0 Å². The van der Waals surface area contributed by atoms with E-state index in [1.807, 2.05) is 19.1 Å². The second-order valence-electron chi connectivity index (χ2n) is 2.29. The molecule has 1 heterocycles. The molecule has 0 fully saturated rings. The molecule has 7 nitrogen and oxygen atoms in total. The fourth-order valence-electron chi connectivity index (χ4n) is 0.569. The summed E-state index contributed by atoms with van der Waals surface area (Å²) in [5.41, 5.74) is -2.11. The van der Waals surface area contributed by atoms with Crippen molar-refractivity contribution >= 4 is 5.97 Å². The van der Waals surface area contributed by atoms with Gasteiger partial charge in [-0.15, -0.1) is 0 Å². The first-order valence-electron chi connectivity index (χ1n) is 3.66. The maximum absolute atomic E-state index is 10.6. The van der Waals surface area contributed by atoms with Crippen LogP contribution in [-0.4, -0.2) is 35.1 Å². The van der Waals surface area contributed by atoms with Gasteiger partial charge in [-0.25, -0.2) is 9.59 Å². The number of nitrogens with one attached hydrogen (secondary N) is 3. The molecule has 0 spiro atoms. The first-order chi connectivity index (χ1) is 6.52. The highest BCUT2D eigenvalue weighted by atomic mass is 16.4. The zero-order valence-corrected chi connectivity index (χ0v) is 7.75. The molecule has 0 saturated carbocycles. The molecule has 0 aliphatic heterocycles. The van der Waals surface area contributed by atoms with E-state index in [1.165, 1.54) is 0 Å². The van der Waals surface area contributed by atoms with Gasteiger partial charge in [0.15, 0.2) is 0 Å². The monoisotopic (exact) mass is 201 g/mol. The van der Waals surface area contributed by atoms with Gasteiger partial charge in [-0.05, 0) is 14.1 Å². The van der Waals surface area contributed by atoms with Crippen LogP contribution in [0, 0.1) is 0 Å². The Labute approximate surface area is 78.8 Å². The minimum Gasteiger partial charge on any atom is -0.477 e. The number of hydrogen-bond acceptors (Lipinski definition) is 4. The molecule has 0 unspecified atom stereocenters. The van der Waals surface area contributed by atoms with Gasteiger partial charge in [-0.3, -0.25) is 9.78 Å². The lowest BCUT2D eigenvalue weighted by Gasteiger charge is -1.88. The molecule has 1 aromatic rings. The molecule has 0 aliphatic rings. The third-order valence-electron chi connectivity index (χ3n) is 1.05. The normalized spacial score (nSPS) is 8.71. The van der Waals surface area contributed by atoms with E-state index in [2.05, 4.69) is 5.32 Å². The maximum Gasteiger partial charge on any atom is 0.342 e. The van der Waals surface area contributed by atoms with Crippen LogP contribution in [-0.2, 0) is 0 Å². The van der Waals surface area contributed by atoms with Crippen molar-refractivity contribution in [3.63, 3.8) is 0 Å². The number of carboxylic acids is 1. The van der Waals surface area contributed by atoms with E-state index in [0.29, 0.717) is 0 Å². The second-order valence-corrected chi connectivity index (χ2v) is 2.29. The molecular weight excluding hydrogens is 190 g/mol. The fraction of sp³-hybridized carbons (Fsp3) is 0.286. The van der Waals surface area contributed by atoms with Crippen LogP contribution in [0.2, 0.25) is 0 Å². The van der Waals surface area contributed by atoms with Gasteiger partial charge in [-0.2, -0.15) is 0 Å². The lowest BCUT2D eigenvalue weighted by molar-refractivity contribution is 0.0694. The van der Waals surface area contributed by atoms with Gasteiger partial charge >= 0.3 is 11.7 Å². The summed E-state index contributed by atoms with van der Waals surface area (Å²) in [4.78, 5) is 35.0. The van der Waals surface area contributed by atoms with Gasteiger partial charge in [0.2, 0.25) is 0 Å². The van der Waals surface area contributed by atoms with Crippen molar-refractivity contribution in [3.05, 3.63) is 32.6 Å². The Hall–Kier alpha value is -1.89. The number of hydrogen-bond donors (Lipinski definition) is 4. The van der Waals surface area contributed by atoms with Crippen molar-refractivity contribution in [1.29, 1.82) is 0 Å². The van der Waals surface area contributed by atoms with Crippen LogP contribution in [0.4, 0.5) is 0 Å². The fourth-order valence-corrected chi connectivity index (χ4v) is 0.569. The van der Waals surface area contributed by atoms with E-state index in [4.69, 9.17) is 5.11 Å². The lowest BCUT2D eigenvalue weighted by atomic mass is 10.3. The zero-order valence-electron chi connectivity index (χ0n) is 7.75. The quantitative estimate of drug-likeness (QED) is 0.446. The first-order valence-corrected chi connectivity index (χ1v) is 3.66. The smallest absolute Gasteiger partial charge is 0.342 e. The highest BCUT2D eigenvalue weighted by Crippen LogP contribution is 1.81. The number of carboxylic acid groups (broad SMARTS) is 1. The molecule has 14 heavy (non-hydrogen) atoms. The van der Waals surface area contributed by atoms with Crippen LogP contribution < -0.4 is 16.6 Å². The molecule has 1 rings (SSSR count). The Morgan fingerprint density at radius 3 is 2.29 bits per heavy atom. The van der Waals surface area contributed by atoms with Gasteiger partial charge in [0, 0.05) is 6.20 Å². The van der Waals surface area contributed by atoms with E-state index < -0.39 is 22.8 Å². The largest absolute Gasteiger partial charge is 0.477 e. The molecule has 0 atom stereocenters. The number of aromatic carboxylic acids is 1.